The minimum absolute atomic E-state index is 0.126. The molecule has 7 heteroatoms. The number of piperidine rings is 1. The predicted molar refractivity (Wildman–Crippen MR) is 105 cm³/mol. The third-order valence-electron chi connectivity index (χ3n) is 5.01. The number of aromatic nitrogens is 3. The molecule has 1 aliphatic heterocycles. The fourth-order valence-electron chi connectivity index (χ4n) is 3.48. The SMILES string of the molecule is COC1CCN(c2ccc(NC(=O)Cn3nnc4ccccc43)cc2)CC1. The molecule has 1 aliphatic rings. The molecule has 0 bridgehead atoms. The van der Waals surface area contributed by atoms with E-state index in [1.165, 1.54) is 5.69 Å². The zero-order valence-corrected chi connectivity index (χ0v) is 15.3. The predicted octanol–water partition coefficient (Wildman–Crippen LogP) is 2.69. The maximum absolute atomic E-state index is 12.4. The van der Waals surface area contributed by atoms with Gasteiger partial charge in [-0.05, 0) is 49.2 Å². The molecule has 0 unspecified atom stereocenters. The number of hydrogen-bond acceptors (Lipinski definition) is 5. The van der Waals surface area contributed by atoms with Gasteiger partial charge in [-0.3, -0.25) is 4.79 Å². The molecule has 0 spiro atoms. The highest BCUT2D eigenvalue weighted by atomic mass is 16.5. The Labute approximate surface area is 157 Å². The van der Waals surface area contributed by atoms with Gasteiger partial charge < -0.3 is 15.0 Å². The molecule has 0 aliphatic carbocycles. The lowest BCUT2D eigenvalue weighted by molar-refractivity contribution is -0.116. The van der Waals surface area contributed by atoms with Crippen molar-refractivity contribution in [3.63, 3.8) is 0 Å². The number of carbonyl (C=O) groups is 1. The van der Waals surface area contributed by atoms with Crippen molar-refractivity contribution < 1.29 is 9.53 Å². The van der Waals surface area contributed by atoms with E-state index in [0.717, 1.165) is 42.7 Å². The number of carbonyl (C=O) groups excluding carboxylic acids is 1. The summed E-state index contributed by atoms with van der Waals surface area (Å²) < 4.78 is 7.03. The molecule has 2 aromatic carbocycles. The van der Waals surface area contributed by atoms with Crippen LogP contribution in [-0.4, -0.2) is 47.2 Å². The number of benzene rings is 2. The number of nitrogens with one attached hydrogen (secondary N) is 1. The highest BCUT2D eigenvalue weighted by Gasteiger charge is 2.18. The van der Waals surface area contributed by atoms with E-state index >= 15 is 0 Å². The summed E-state index contributed by atoms with van der Waals surface area (Å²) in [6.07, 6.45) is 2.45. The monoisotopic (exact) mass is 365 g/mol. The Morgan fingerprint density at radius 2 is 1.89 bits per heavy atom. The van der Waals surface area contributed by atoms with E-state index in [2.05, 4.69) is 20.5 Å². The average molecular weight is 365 g/mol. The van der Waals surface area contributed by atoms with E-state index in [4.69, 9.17) is 4.74 Å². The summed E-state index contributed by atoms with van der Waals surface area (Å²) in [6, 6.07) is 15.6. The molecule has 0 saturated carbocycles. The third-order valence-corrected chi connectivity index (χ3v) is 5.01. The topological polar surface area (TPSA) is 72.3 Å². The third kappa shape index (κ3) is 3.93. The highest BCUT2D eigenvalue weighted by molar-refractivity contribution is 5.91. The molecule has 1 fully saturated rings. The minimum atomic E-state index is -0.126. The second kappa shape index (κ2) is 7.75. The van der Waals surface area contributed by atoms with Crippen LogP contribution in [-0.2, 0) is 16.1 Å². The van der Waals surface area contributed by atoms with Gasteiger partial charge in [-0.2, -0.15) is 0 Å². The zero-order valence-electron chi connectivity index (χ0n) is 15.3. The Morgan fingerprint density at radius 1 is 1.15 bits per heavy atom. The fraction of sp³-hybridized carbons (Fsp3) is 0.350. The summed E-state index contributed by atoms with van der Waals surface area (Å²) >= 11 is 0. The normalized spacial score (nSPS) is 15.2. The number of rotatable bonds is 5. The molecular weight excluding hydrogens is 342 g/mol. The maximum atomic E-state index is 12.4. The van der Waals surface area contributed by atoms with Crippen molar-refractivity contribution in [2.24, 2.45) is 0 Å². The number of nitrogens with zero attached hydrogens (tertiary/aromatic N) is 4. The van der Waals surface area contributed by atoms with E-state index in [1.54, 1.807) is 11.8 Å². The van der Waals surface area contributed by atoms with Crippen LogP contribution >= 0.6 is 0 Å². The van der Waals surface area contributed by atoms with Crippen molar-refractivity contribution in [3.05, 3.63) is 48.5 Å². The number of methoxy groups -OCH3 is 1. The molecule has 2 heterocycles. The summed E-state index contributed by atoms with van der Waals surface area (Å²) in [7, 11) is 1.78. The van der Waals surface area contributed by atoms with Crippen LogP contribution in [0, 0.1) is 0 Å². The number of ether oxygens (including phenoxy) is 1. The van der Waals surface area contributed by atoms with Gasteiger partial charge >= 0.3 is 0 Å². The first kappa shape index (κ1) is 17.5. The van der Waals surface area contributed by atoms with Gasteiger partial charge in [0.2, 0.25) is 5.91 Å². The van der Waals surface area contributed by atoms with Gasteiger partial charge in [-0.1, -0.05) is 17.3 Å². The van der Waals surface area contributed by atoms with Crippen molar-refractivity contribution in [2.75, 3.05) is 30.4 Å². The van der Waals surface area contributed by atoms with Gasteiger partial charge in [-0.25, -0.2) is 4.68 Å². The van der Waals surface area contributed by atoms with Crippen molar-refractivity contribution >= 4 is 28.3 Å². The molecule has 0 atom stereocenters. The molecule has 7 nitrogen and oxygen atoms in total. The molecule has 27 heavy (non-hydrogen) atoms. The minimum Gasteiger partial charge on any atom is -0.381 e. The molecule has 140 valence electrons. The first-order chi connectivity index (χ1) is 13.2. The van der Waals surface area contributed by atoms with Crippen LogP contribution in [0.5, 0.6) is 0 Å². The van der Waals surface area contributed by atoms with Crippen LogP contribution in [0.1, 0.15) is 12.8 Å². The van der Waals surface area contributed by atoms with Gasteiger partial charge in [0, 0.05) is 31.6 Å². The van der Waals surface area contributed by atoms with Crippen molar-refractivity contribution in [1.29, 1.82) is 0 Å². The average Bonchev–Trinajstić information content (AvgIpc) is 3.11. The standard InChI is InChI=1S/C20H23N5O2/c1-27-17-10-12-24(13-11-17)16-8-6-15(7-9-16)21-20(26)14-25-19-5-3-2-4-18(19)22-23-25/h2-9,17H,10-14H2,1H3,(H,21,26). The van der Waals surface area contributed by atoms with Crippen LogP contribution in [0.15, 0.2) is 48.5 Å². The van der Waals surface area contributed by atoms with E-state index in [-0.39, 0.29) is 12.5 Å². The quantitative estimate of drug-likeness (QED) is 0.753. The summed E-state index contributed by atoms with van der Waals surface area (Å²) in [5.41, 5.74) is 3.58. The maximum Gasteiger partial charge on any atom is 0.246 e. The van der Waals surface area contributed by atoms with Crippen LogP contribution in [0.3, 0.4) is 0 Å². The summed E-state index contributed by atoms with van der Waals surface area (Å²) in [4.78, 5) is 14.7. The number of para-hydroxylation sites is 1. The van der Waals surface area contributed by atoms with Crippen LogP contribution in [0.2, 0.25) is 0 Å². The molecule has 1 saturated heterocycles. The Kier molecular flexibility index (Phi) is 5.02. The molecule has 4 rings (SSSR count). The van der Waals surface area contributed by atoms with Gasteiger partial charge in [0.25, 0.3) is 0 Å². The van der Waals surface area contributed by atoms with Crippen molar-refractivity contribution in [2.45, 2.75) is 25.5 Å². The summed E-state index contributed by atoms with van der Waals surface area (Å²) in [5, 5.41) is 11.1. The summed E-state index contributed by atoms with van der Waals surface area (Å²) in [6.45, 7) is 2.11. The van der Waals surface area contributed by atoms with Crippen LogP contribution < -0.4 is 10.2 Å². The second-order valence-corrected chi connectivity index (χ2v) is 6.75. The Balaban J connectivity index is 1.36. The van der Waals surface area contributed by atoms with E-state index in [0.29, 0.717) is 6.10 Å². The van der Waals surface area contributed by atoms with E-state index in [9.17, 15) is 4.79 Å². The van der Waals surface area contributed by atoms with Gasteiger partial charge in [0.15, 0.2) is 0 Å². The lowest BCUT2D eigenvalue weighted by atomic mass is 10.1. The van der Waals surface area contributed by atoms with E-state index < -0.39 is 0 Å². The van der Waals surface area contributed by atoms with Crippen molar-refractivity contribution in [1.82, 2.24) is 15.0 Å². The number of fused-ring (bicyclic) bond motifs is 1. The smallest absolute Gasteiger partial charge is 0.246 e. The Bertz CT molecular complexity index is 914. The van der Waals surface area contributed by atoms with Gasteiger partial charge in [0.1, 0.15) is 12.1 Å². The highest BCUT2D eigenvalue weighted by Crippen LogP contribution is 2.23. The Hall–Kier alpha value is -2.93. The molecule has 3 aromatic rings. The first-order valence-corrected chi connectivity index (χ1v) is 9.19. The molecular formula is C20H23N5O2. The number of amides is 1. The largest absolute Gasteiger partial charge is 0.381 e. The first-order valence-electron chi connectivity index (χ1n) is 9.19. The lowest BCUT2D eigenvalue weighted by Gasteiger charge is -2.33. The molecule has 1 aromatic heterocycles. The fourth-order valence-corrected chi connectivity index (χ4v) is 3.48. The Morgan fingerprint density at radius 3 is 2.63 bits per heavy atom. The van der Waals surface area contributed by atoms with E-state index in [1.807, 2.05) is 48.5 Å². The van der Waals surface area contributed by atoms with Crippen LogP contribution in [0.4, 0.5) is 11.4 Å². The molecule has 1 amide bonds. The van der Waals surface area contributed by atoms with Crippen molar-refractivity contribution in [3.8, 4) is 0 Å². The van der Waals surface area contributed by atoms with Gasteiger partial charge in [-0.15, -0.1) is 5.10 Å². The molecule has 1 N–H and O–H groups in total. The van der Waals surface area contributed by atoms with Crippen LogP contribution in [0.25, 0.3) is 11.0 Å². The van der Waals surface area contributed by atoms with Gasteiger partial charge in [0.05, 0.1) is 11.6 Å². The molecule has 0 radical (unpaired) electrons. The summed E-state index contributed by atoms with van der Waals surface area (Å²) in [5.74, 6) is -0.126. The number of anilines is 2. The number of hydrogen-bond donors (Lipinski definition) is 1. The second-order valence-electron chi connectivity index (χ2n) is 6.75. The zero-order chi connectivity index (χ0) is 18.6. The lowest BCUT2D eigenvalue weighted by Crippen LogP contribution is -2.36.